The number of amides is 1. The number of aryl methyl sites for hydroxylation is 1. The molecule has 0 bridgehead atoms. The van der Waals surface area contributed by atoms with Gasteiger partial charge < -0.3 is 20.3 Å². The van der Waals surface area contributed by atoms with Crippen LogP contribution in [0.4, 0.5) is 0 Å². The predicted molar refractivity (Wildman–Crippen MR) is 140 cm³/mol. The zero-order chi connectivity index (χ0) is 22.9. The number of carbonyl (C=O) groups excluding carboxylic acids is 1. The maximum absolute atomic E-state index is 12.5. The van der Waals surface area contributed by atoms with Crippen molar-refractivity contribution in [1.29, 1.82) is 0 Å². The molecular weight excluding hydrogens is 533 g/mol. The average Bonchev–Trinajstić information content (AvgIpc) is 3.20. The number of methoxy groups -OCH3 is 1. The smallest absolute Gasteiger partial charge is 0.253 e. The second-order valence-corrected chi connectivity index (χ2v) is 7.81. The van der Waals surface area contributed by atoms with Gasteiger partial charge in [0.05, 0.1) is 13.1 Å². The third kappa shape index (κ3) is 7.39. The molecule has 2 N–H and O–H groups in total. The number of aromatic nitrogens is 3. The number of aliphatic imine (C=N–C) groups is 1. The Morgan fingerprint density at radius 3 is 2.61 bits per heavy atom. The molecule has 1 aromatic heterocycles. The zero-order valence-corrected chi connectivity index (χ0v) is 22.3. The largest absolute Gasteiger partial charge is 0.377 e. The van der Waals surface area contributed by atoms with Crippen LogP contribution in [0.3, 0.4) is 0 Å². The first-order valence-corrected chi connectivity index (χ1v) is 11.4. The molecule has 1 atom stereocenters. The van der Waals surface area contributed by atoms with Gasteiger partial charge in [0.1, 0.15) is 12.4 Å². The van der Waals surface area contributed by atoms with Gasteiger partial charge in [0.15, 0.2) is 11.8 Å². The minimum atomic E-state index is 0. The SMILES string of the molecule is CCNC(=NCc1ccc(C(=O)N(CC)CC)cc1)NC1CCc2nc(COC)nn2C1.I. The van der Waals surface area contributed by atoms with E-state index >= 15 is 0 Å². The fourth-order valence-corrected chi connectivity index (χ4v) is 3.80. The minimum Gasteiger partial charge on any atom is -0.377 e. The molecule has 1 unspecified atom stereocenters. The lowest BCUT2D eigenvalue weighted by atomic mass is 10.1. The maximum atomic E-state index is 12.5. The molecule has 2 heterocycles. The summed E-state index contributed by atoms with van der Waals surface area (Å²) >= 11 is 0. The first kappa shape index (κ1) is 27.0. The monoisotopic (exact) mass is 569 g/mol. The summed E-state index contributed by atoms with van der Waals surface area (Å²) in [4.78, 5) is 23.6. The van der Waals surface area contributed by atoms with Gasteiger partial charge in [-0.1, -0.05) is 12.1 Å². The molecule has 1 aliphatic heterocycles. The first-order chi connectivity index (χ1) is 15.6. The van der Waals surface area contributed by atoms with Gasteiger partial charge in [0.25, 0.3) is 5.91 Å². The van der Waals surface area contributed by atoms with Gasteiger partial charge in [0.2, 0.25) is 0 Å². The lowest BCUT2D eigenvalue weighted by molar-refractivity contribution is 0.0773. The van der Waals surface area contributed by atoms with Crippen molar-refractivity contribution in [3.05, 3.63) is 47.0 Å². The molecule has 1 amide bonds. The molecule has 9 nitrogen and oxygen atoms in total. The lowest BCUT2D eigenvalue weighted by Crippen LogP contribution is -2.47. The molecule has 0 spiro atoms. The molecule has 0 fully saturated rings. The summed E-state index contributed by atoms with van der Waals surface area (Å²) in [6, 6.07) is 7.95. The highest BCUT2D eigenvalue weighted by molar-refractivity contribution is 14.0. The Hall–Kier alpha value is -2.21. The molecule has 0 radical (unpaired) electrons. The molecule has 0 aliphatic carbocycles. The number of carbonyl (C=O) groups is 1. The van der Waals surface area contributed by atoms with E-state index in [9.17, 15) is 4.79 Å². The zero-order valence-electron chi connectivity index (χ0n) is 20.0. The number of nitrogens with zero attached hydrogens (tertiary/aromatic N) is 5. The highest BCUT2D eigenvalue weighted by Gasteiger charge is 2.22. The summed E-state index contributed by atoms with van der Waals surface area (Å²) in [6.07, 6.45) is 1.84. The number of benzene rings is 1. The quantitative estimate of drug-likeness (QED) is 0.274. The molecular formula is C23H36IN7O2. The number of rotatable bonds is 9. The topological polar surface area (TPSA) is 96.7 Å². The van der Waals surface area contributed by atoms with Crippen molar-refractivity contribution >= 4 is 35.8 Å². The highest BCUT2D eigenvalue weighted by Crippen LogP contribution is 2.14. The maximum Gasteiger partial charge on any atom is 0.253 e. The van der Waals surface area contributed by atoms with Crippen LogP contribution in [0.15, 0.2) is 29.3 Å². The van der Waals surface area contributed by atoms with Crippen LogP contribution in [0.25, 0.3) is 0 Å². The first-order valence-electron chi connectivity index (χ1n) is 11.4. The molecule has 33 heavy (non-hydrogen) atoms. The van der Waals surface area contributed by atoms with E-state index in [0.29, 0.717) is 31.8 Å². The van der Waals surface area contributed by atoms with Crippen LogP contribution in [0.1, 0.15) is 54.8 Å². The van der Waals surface area contributed by atoms with Gasteiger partial charge in [-0.3, -0.25) is 4.79 Å². The van der Waals surface area contributed by atoms with E-state index < -0.39 is 0 Å². The van der Waals surface area contributed by atoms with Crippen molar-refractivity contribution in [1.82, 2.24) is 30.3 Å². The number of nitrogens with one attached hydrogen (secondary N) is 2. The van der Waals surface area contributed by atoms with E-state index in [4.69, 9.17) is 9.73 Å². The molecule has 0 saturated carbocycles. The number of ether oxygens (including phenoxy) is 1. The Labute approximate surface area is 213 Å². The second kappa shape index (κ2) is 13.5. The number of hydrogen-bond acceptors (Lipinski definition) is 5. The average molecular weight is 569 g/mol. The van der Waals surface area contributed by atoms with Gasteiger partial charge in [-0.15, -0.1) is 24.0 Å². The standard InChI is InChI=1S/C23H35N7O2.HI/c1-5-24-23(26-19-12-13-21-27-20(16-32-4)28-30(21)15-19)25-14-17-8-10-18(11-9-17)22(31)29(6-2)7-3;/h8-11,19H,5-7,12-16H2,1-4H3,(H2,24,25,26);1H. The van der Waals surface area contributed by atoms with E-state index in [-0.39, 0.29) is 35.9 Å². The summed E-state index contributed by atoms with van der Waals surface area (Å²) in [5, 5.41) is 11.4. The summed E-state index contributed by atoms with van der Waals surface area (Å²) in [5.41, 5.74) is 1.77. The van der Waals surface area contributed by atoms with E-state index in [1.807, 2.05) is 47.7 Å². The third-order valence-electron chi connectivity index (χ3n) is 5.53. The summed E-state index contributed by atoms with van der Waals surface area (Å²) in [7, 11) is 1.65. The molecule has 1 aliphatic rings. The van der Waals surface area contributed by atoms with Gasteiger partial charge in [-0.25, -0.2) is 14.7 Å². The Morgan fingerprint density at radius 1 is 1.24 bits per heavy atom. The lowest BCUT2D eigenvalue weighted by Gasteiger charge is -2.25. The number of halogens is 1. The fraction of sp³-hybridized carbons (Fsp3) is 0.565. The second-order valence-electron chi connectivity index (χ2n) is 7.81. The van der Waals surface area contributed by atoms with E-state index in [1.54, 1.807) is 7.11 Å². The van der Waals surface area contributed by atoms with Crippen LogP contribution in [-0.4, -0.2) is 64.3 Å². The van der Waals surface area contributed by atoms with Crippen molar-refractivity contribution in [2.24, 2.45) is 4.99 Å². The number of fused-ring (bicyclic) bond motifs is 1. The van der Waals surface area contributed by atoms with Gasteiger partial charge in [0, 0.05) is 44.8 Å². The molecule has 182 valence electrons. The van der Waals surface area contributed by atoms with Crippen LogP contribution in [0, 0.1) is 0 Å². The van der Waals surface area contributed by atoms with E-state index in [2.05, 4.69) is 27.6 Å². The number of guanidine groups is 1. The Bertz CT molecular complexity index is 910. The Balaban J connectivity index is 0.00000385. The van der Waals surface area contributed by atoms with Crippen molar-refractivity contribution in [3.63, 3.8) is 0 Å². The Kier molecular flexibility index (Phi) is 11.0. The van der Waals surface area contributed by atoms with Gasteiger partial charge >= 0.3 is 0 Å². The van der Waals surface area contributed by atoms with Crippen molar-refractivity contribution < 1.29 is 9.53 Å². The van der Waals surface area contributed by atoms with Crippen molar-refractivity contribution in [2.45, 2.75) is 59.4 Å². The summed E-state index contributed by atoms with van der Waals surface area (Å²) in [5.74, 6) is 2.59. The third-order valence-corrected chi connectivity index (χ3v) is 5.53. The van der Waals surface area contributed by atoms with Crippen LogP contribution >= 0.6 is 24.0 Å². The summed E-state index contributed by atoms with van der Waals surface area (Å²) < 4.78 is 7.11. The normalized spacial score (nSPS) is 15.4. The molecule has 3 rings (SSSR count). The van der Waals surface area contributed by atoms with Crippen LogP contribution < -0.4 is 10.6 Å². The molecule has 10 heteroatoms. The predicted octanol–water partition coefficient (Wildman–Crippen LogP) is 2.59. The molecule has 2 aromatic rings. The van der Waals surface area contributed by atoms with Gasteiger partial charge in [-0.2, -0.15) is 5.10 Å². The van der Waals surface area contributed by atoms with Crippen molar-refractivity contribution in [3.8, 4) is 0 Å². The van der Waals surface area contributed by atoms with E-state index in [0.717, 1.165) is 49.1 Å². The highest BCUT2D eigenvalue weighted by atomic mass is 127. The van der Waals surface area contributed by atoms with Crippen LogP contribution in [0.2, 0.25) is 0 Å². The number of hydrogen-bond donors (Lipinski definition) is 2. The van der Waals surface area contributed by atoms with Crippen LogP contribution in [0.5, 0.6) is 0 Å². The fourth-order valence-electron chi connectivity index (χ4n) is 3.80. The van der Waals surface area contributed by atoms with Gasteiger partial charge in [-0.05, 0) is 44.9 Å². The van der Waals surface area contributed by atoms with E-state index in [1.165, 1.54) is 0 Å². The summed E-state index contributed by atoms with van der Waals surface area (Å²) in [6.45, 7) is 9.96. The molecule has 0 saturated heterocycles. The Morgan fingerprint density at radius 2 is 1.97 bits per heavy atom. The minimum absolute atomic E-state index is 0. The molecule has 1 aromatic carbocycles. The van der Waals surface area contributed by atoms with Crippen molar-refractivity contribution in [2.75, 3.05) is 26.7 Å². The van der Waals surface area contributed by atoms with Crippen LogP contribution in [-0.2, 0) is 30.9 Å².